The van der Waals surface area contributed by atoms with E-state index in [0.29, 0.717) is 38.6 Å². The van der Waals surface area contributed by atoms with E-state index in [9.17, 15) is 13.2 Å². The minimum absolute atomic E-state index is 0.164. The molecule has 168 valence electrons. The van der Waals surface area contributed by atoms with Gasteiger partial charge in [-0.05, 0) is 62.3 Å². The van der Waals surface area contributed by atoms with Gasteiger partial charge >= 0.3 is 0 Å². The van der Waals surface area contributed by atoms with E-state index in [-0.39, 0.29) is 17.2 Å². The predicted octanol–water partition coefficient (Wildman–Crippen LogP) is 3.04. The number of morpholine rings is 1. The number of benzene rings is 1. The van der Waals surface area contributed by atoms with E-state index in [1.54, 1.807) is 24.3 Å². The summed E-state index contributed by atoms with van der Waals surface area (Å²) in [4.78, 5) is 12.5. The summed E-state index contributed by atoms with van der Waals surface area (Å²) in [5.41, 5.74) is 6.67. The molecule has 0 saturated carbocycles. The standard InChI is InChI=1S/C23H31N3O4S/c1-17(2)20-8-4-18(3)22(16-20)24-25-23(27)11-7-19-5-9-21(10-6-19)31(28,29)26-12-14-30-15-13-26/h4-6,9-10,20H,1,7-8,11-16H2,2-3H3,(H,25,27)/b24-22-. The summed E-state index contributed by atoms with van der Waals surface area (Å²) < 4.78 is 32.0. The first-order valence-corrected chi connectivity index (χ1v) is 12.1. The maximum absolute atomic E-state index is 12.7. The first kappa shape index (κ1) is 23.4. The molecule has 31 heavy (non-hydrogen) atoms. The van der Waals surface area contributed by atoms with Gasteiger partial charge in [-0.2, -0.15) is 9.41 Å². The van der Waals surface area contributed by atoms with Gasteiger partial charge in [0.15, 0.2) is 0 Å². The number of hydrogen-bond donors (Lipinski definition) is 1. The summed E-state index contributed by atoms with van der Waals surface area (Å²) in [7, 11) is -3.50. The Morgan fingerprint density at radius 3 is 2.58 bits per heavy atom. The van der Waals surface area contributed by atoms with Gasteiger partial charge in [0.05, 0.1) is 23.8 Å². The molecule has 1 aliphatic carbocycles. The minimum atomic E-state index is -3.50. The van der Waals surface area contributed by atoms with Crippen molar-refractivity contribution in [3.63, 3.8) is 0 Å². The highest BCUT2D eigenvalue weighted by molar-refractivity contribution is 7.89. The number of aryl methyl sites for hydroxylation is 1. The van der Waals surface area contributed by atoms with E-state index in [1.165, 1.54) is 4.31 Å². The van der Waals surface area contributed by atoms with E-state index in [0.717, 1.165) is 35.3 Å². The number of carbonyl (C=O) groups is 1. The third-order valence-corrected chi connectivity index (χ3v) is 7.70. The van der Waals surface area contributed by atoms with Crippen LogP contribution in [0.2, 0.25) is 0 Å². The van der Waals surface area contributed by atoms with Gasteiger partial charge < -0.3 is 4.74 Å². The van der Waals surface area contributed by atoms with Crippen LogP contribution in [-0.2, 0) is 26.0 Å². The third-order valence-electron chi connectivity index (χ3n) is 5.79. The molecule has 8 heteroatoms. The summed E-state index contributed by atoms with van der Waals surface area (Å²) in [6.07, 6.45) is 4.68. The Morgan fingerprint density at radius 2 is 1.94 bits per heavy atom. The molecule has 0 bridgehead atoms. The zero-order valence-corrected chi connectivity index (χ0v) is 19.1. The quantitative estimate of drug-likeness (QED) is 0.516. The molecule has 0 spiro atoms. The molecule has 2 aliphatic rings. The van der Waals surface area contributed by atoms with Crippen LogP contribution < -0.4 is 5.43 Å². The predicted molar refractivity (Wildman–Crippen MR) is 121 cm³/mol. The molecule has 1 fully saturated rings. The number of rotatable bonds is 7. The van der Waals surface area contributed by atoms with Crippen LogP contribution in [0, 0.1) is 5.92 Å². The normalized spacial score (nSPS) is 21.5. The number of nitrogens with zero attached hydrogens (tertiary/aromatic N) is 2. The number of ether oxygens (including phenoxy) is 1. The number of hydrogen-bond acceptors (Lipinski definition) is 5. The summed E-state index contributed by atoms with van der Waals surface area (Å²) in [6.45, 7) is 9.63. The fourth-order valence-corrected chi connectivity index (χ4v) is 5.04. The van der Waals surface area contributed by atoms with Crippen molar-refractivity contribution < 1.29 is 17.9 Å². The zero-order valence-electron chi connectivity index (χ0n) is 18.3. The number of sulfonamides is 1. The van der Waals surface area contributed by atoms with E-state index in [2.05, 4.69) is 23.2 Å². The van der Waals surface area contributed by atoms with Crippen molar-refractivity contribution in [2.75, 3.05) is 26.3 Å². The maximum atomic E-state index is 12.7. The molecule has 1 saturated heterocycles. The van der Waals surface area contributed by atoms with Gasteiger partial charge in [0, 0.05) is 19.5 Å². The molecular formula is C23H31N3O4S. The number of allylic oxidation sites excluding steroid dienone is 3. The Kier molecular flexibility index (Phi) is 7.80. The Labute approximate surface area is 184 Å². The van der Waals surface area contributed by atoms with E-state index < -0.39 is 10.0 Å². The van der Waals surface area contributed by atoms with Crippen LogP contribution in [0.25, 0.3) is 0 Å². The molecule has 1 heterocycles. The first-order chi connectivity index (χ1) is 14.8. The molecule has 7 nitrogen and oxygen atoms in total. The van der Waals surface area contributed by atoms with Gasteiger partial charge in [-0.15, -0.1) is 0 Å². The van der Waals surface area contributed by atoms with E-state index in [4.69, 9.17) is 4.74 Å². The van der Waals surface area contributed by atoms with Crippen LogP contribution in [0.1, 0.15) is 38.7 Å². The number of hydrazone groups is 1. The molecule has 1 atom stereocenters. The van der Waals surface area contributed by atoms with Crippen molar-refractivity contribution >= 4 is 21.6 Å². The lowest BCUT2D eigenvalue weighted by Crippen LogP contribution is -2.40. The SMILES string of the molecule is C=C(C)C1CC=C(C)/C(=N\NC(=O)CCc2ccc(S(=O)(=O)N3CCOCC3)cc2)C1. The molecule has 1 amide bonds. The van der Waals surface area contributed by atoms with Crippen LogP contribution in [0.3, 0.4) is 0 Å². The van der Waals surface area contributed by atoms with Crippen LogP contribution in [0.5, 0.6) is 0 Å². The second kappa shape index (κ2) is 10.3. The van der Waals surface area contributed by atoms with Gasteiger partial charge in [0.1, 0.15) is 0 Å². The second-order valence-electron chi connectivity index (χ2n) is 8.12. The number of nitrogens with one attached hydrogen (secondary N) is 1. The average Bonchev–Trinajstić information content (AvgIpc) is 2.77. The minimum Gasteiger partial charge on any atom is -0.379 e. The maximum Gasteiger partial charge on any atom is 0.243 e. The number of amides is 1. The van der Waals surface area contributed by atoms with Crippen molar-refractivity contribution in [3.05, 3.63) is 53.6 Å². The average molecular weight is 446 g/mol. The van der Waals surface area contributed by atoms with Crippen LogP contribution in [0.15, 0.2) is 58.1 Å². The lowest BCUT2D eigenvalue weighted by Gasteiger charge is -2.26. The largest absolute Gasteiger partial charge is 0.379 e. The molecule has 3 rings (SSSR count). The van der Waals surface area contributed by atoms with Gasteiger partial charge in [-0.1, -0.05) is 30.4 Å². The van der Waals surface area contributed by atoms with Crippen molar-refractivity contribution in [1.82, 2.24) is 9.73 Å². The van der Waals surface area contributed by atoms with Gasteiger partial charge in [-0.3, -0.25) is 4.79 Å². The zero-order chi connectivity index (χ0) is 22.4. The second-order valence-corrected chi connectivity index (χ2v) is 10.1. The van der Waals surface area contributed by atoms with Gasteiger partial charge in [0.2, 0.25) is 15.9 Å². The molecule has 1 N–H and O–H groups in total. The lowest BCUT2D eigenvalue weighted by atomic mass is 9.85. The van der Waals surface area contributed by atoms with Gasteiger partial charge in [0.25, 0.3) is 0 Å². The van der Waals surface area contributed by atoms with Crippen molar-refractivity contribution in [2.45, 2.75) is 44.4 Å². The van der Waals surface area contributed by atoms with Crippen LogP contribution in [-0.4, -0.2) is 50.6 Å². The topological polar surface area (TPSA) is 88.1 Å². The van der Waals surface area contributed by atoms with Crippen molar-refractivity contribution in [2.24, 2.45) is 11.0 Å². The van der Waals surface area contributed by atoms with E-state index >= 15 is 0 Å². The molecular weight excluding hydrogens is 414 g/mol. The first-order valence-electron chi connectivity index (χ1n) is 10.6. The molecule has 0 aromatic heterocycles. The molecule has 1 aromatic carbocycles. The molecule has 1 aliphatic heterocycles. The summed E-state index contributed by atoms with van der Waals surface area (Å²) in [5.74, 6) is 0.203. The highest BCUT2D eigenvalue weighted by Gasteiger charge is 2.26. The van der Waals surface area contributed by atoms with Crippen LogP contribution >= 0.6 is 0 Å². The Morgan fingerprint density at radius 1 is 1.26 bits per heavy atom. The molecule has 1 unspecified atom stereocenters. The third kappa shape index (κ3) is 6.12. The Balaban J connectivity index is 1.53. The monoisotopic (exact) mass is 445 g/mol. The highest BCUT2D eigenvalue weighted by atomic mass is 32.2. The van der Waals surface area contributed by atoms with Crippen LogP contribution in [0.4, 0.5) is 0 Å². The van der Waals surface area contributed by atoms with Gasteiger partial charge in [-0.25, -0.2) is 13.8 Å². The van der Waals surface area contributed by atoms with E-state index in [1.807, 2.05) is 13.8 Å². The summed E-state index contributed by atoms with van der Waals surface area (Å²) in [5, 5.41) is 4.32. The fraction of sp³-hybridized carbons (Fsp3) is 0.478. The Bertz CT molecular complexity index is 975. The lowest BCUT2D eigenvalue weighted by molar-refractivity contribution is -0.121. The summed E-state index contributed by atoms with van der Waals surface area (Å²) in [6, 6.07) is 6.73. The smallest absolute Gasteiger partial charge is 0.243 e. The molecule has 0 radical (unpaired) electrons. The fourth-order valence-electron chi connectivity index (χ4n) is 3.63. The van der Waals surface area contributed by atoms with Crippen molar-refractivity contribution in [1.29, 1.82) is 0 Å². The molecule has 1 aromatic rings. The highest BCUT2D eigenvalue weighted by Crippen LogP contribution is 2.26. The van der Waals surface area contributed by atoms with Crippen molar-refractivity contribution in [3.8, 4) is 0 Å². The number of carbonyl (C=O) groups excluding carboxylic acids is 1. The Hall–Kier alpha value is -2.29. The summed E-state index contributed by atoms with van der Waals surface area (Å²) >= 11 is 0.